The molecule has 3 aromatic rings. The molecule has 0 spiro atoms. The van der Waals surface area contributed by atoms with Crippen LogP contribution in [0.25, 0.3) is 0 Å². The smallest absolute Gasteiger partial charge is 0.223 e. The van der Waals surface area contributed by atoms with Crippen molar-refractivity contribution in [3.8, 4) is 11.6 Å². The average Bonchev–Trinajstić information content (AvgIpc) is 2.67. The lowest BCUT2D eigenvalue weighted by molar-refractivity contribution is 0.452. The number of hydrogen-bond donors (Lipinski definition) is 0. The average molecular weight is 397 g/mol. The summed E-state index contributed by atoms with van der Waals surface area (Å²) in [5, 5.41) is 0.658. The molecule has 1 aromatic heterocycles. The Morgan fingerprint density at radius 2 is 1.68 bits per heavy atom. The van der Waals surface area contributed by atoms with Crippen LogP contribution in [-0.4, -0.2) is 9.97 Å². The van der Waals surface area contributed by atoms with E-state index >= 15 is 0 Å². The van der Waals surface area contributed by atoms with Crippen molar-refractivity contribution in [2.45, 2.75) is 50.4 Å². The Bertz CT molecular complexity index is 926. The molecule has 0 atom stereocenters. The highest BCUT2D eigenvalue weighted by Crippen LogP contribution is 2.29. The summed E-state index contributed by atoms with van der Waals surface area (Å²) in [6.07, 6.45) is 0. The molecule has 146 valence electrons. The molecule has 0 amide bonds. The summed E-state index contributed by atoms with van der Waals surface area (Å²) in [5.41, 5.74) is 3.19. The van der Waals surface area contributed by atoms with Crippen molar-refractivity contribution in [3.05, 3.63) is 77.2 Å². The van der Waals surface area contributed by atoms with Gasteiger partial charge in [0.05, 0.1) is 5.69 Å². The Morgan fingerprint density at radius 1 is 0.929 bits per heavy atom. The van der Waals surface area contributed by atoms with Gasteiger partial charge in [0.15, 0.2) is 5.16 Å². The molecule has 0 aliphatic carbocycles. The maximum absolute atomic E-state index is 13.1. The number of nitrogens with zero attached hydrogens (tertiary/aromatic N) is 2. The van der Waals surface area contributed by atoms with Crippen LogP contribution in [0.5, 0.6) is 11.6 Å². The predicted molar refractivity (Wildman–Crippen MR) is 113 cm³/mol. The van der Waals surface area contributed by atoms with Crippen LogP contribution in [0.1, 0.15) is 56.4 Å². The molecule has 1 heterocycles. The van der Waals surface area contributed by atoms with Gasteiger partial charge in [0, 0.05) is 11.8 Å². The lowest BCUT2D eigenvalue weighted by Gasteiger charge is -2.12. The van der Waals surface area contributed by atoms with Gasteiger partial charge < -0.3 is 4.74 Å². The number of rotatable bonds is 7. The van der Waals surface area contributed by atoms with Gasteiger partial charge in [-0.15, -0.1) is 0 Å². The van der Waals surface area contributed by atoms with Gasteiger partial charge in [-0.2, -0.15) is 4.98 Å². The lowest BCUT2D eigenvalue weighted by Crippen LogP contribution is -2.00. The first-order chi connectivity index (χ1) is 13.4. The molecule has 0 radical (unpaired) electrons. The van der Waals surface area contributed by atoms with Crippen molar-refractivity contribution >= 4 is 11.8 Å². The summed E-state index contributed by atoms with van der Waals surface area (Å²) in [5.74, 6) is 2.45. The van der Waals surface area contributed by atoms with Crippen LogP contribution in [0.2, 0.25) is 0 Å². The van der Waals surface area contributed by atoms with E-state index in [1.54, 1.807) is 12.1 Å². The molecule has 0 fully saturated rings. The molecule has 0 aliphatic heterocycles. The minimum atomic E-state index is -0.230. The summed E-state index contributed by atoms with van der Waals surface area (Å²) in [7, 11) is 0. The van der Waals surface area contributed by atoms with E-state index in [0.717, 1.165) is 17.0 Å². The zero-order valence-corrected chi connectivity index (χ0v) is 17.5. The van der Waals surface area contributed by atoms with E-state index in [-0.39, 0.29) is 11.7 Å². The second-order valence-corrected chi connectivity index (χ2v) is 8.26. The minimum absolute atomic E-state index is 0.230. The molecule has 3 nitrogen and oxygen atoms in total. The number of hydrogen-bond acceptors (Lipinski definition) is 4. The highest BCUT2D eigenvalue weighted by molar-refractivity contribution is 7.98. The molecule has 0 saturated heterocycles. The molecule has 5 heteroatoms. The summed E-state index contributed by atoms with van der Waals surface area (Å²) in [6.45, 7) is 8.51. The fraction of sp³-hybridized carbons (Fsp3) is 0.304. The summed E-state index contributed by atoms with van der Waals surface area (Å²) < 4.78 is 19.1. The van der Waals surface area contributed by atoms with E-state index < -0.39 is 0 Å². The Balaban J connectivity index is 1.81. The number of aromatic nitrogens is 2. The largest absolute Gasteiger partial charge is 0.439 e. The van der Waals surface area contributed by atoms with Gasteiger partial charge in [0.25, 0.3) is 0 Å². The van der Waals surface area contributed by atoms with Gasteiger partial charge in [0.2, 0.25) is 5.88 Å². The Kier molecular flexibility index (Phi) is 6.68. The number of halogens is 1. The van der Waals surface area contributed by atoms with Gasteiger partial charge in [-0.1, -0.05) is 63.7 Å². The highest BCUT2D eigenvalue weighted by atomic mass is 32.2. The maximum Gasteiger partial charge on any atom is 0.223 e. The molecule has 3 rings (SSSR count). The number of thioether (sulfide) groups is 1. The Hall–Kier alpha value is -2.40. The normalized spacial score (nSPS) is 11.2. The molecule has 28 heavy (non-hydrogen) atoms. The predicted octanol–water partition coefficient (Wildman–Crippen LogP) is 6.95. The van der Waals surface area contributed by atoms with Crippen LogP contribution in [0.15, 0.2) is 59.8 Å². The summed E-state index contributed by atoms with van der Waals surface area (Å²) >= 11 is 1.52. The standard InChI is InChI=1S/C23H25FN2OS/c1-15(2)18-6-5-7-20(12-18)27-22-13-21(16(3)4)25-23(26-22)28-14-17-8-10-19(24)11-9-17/h5-13,15-16H,14H2,1-4H3. The van der Waals surface area contributed by atoms with Crippen LogP contribution in [-0.2, 0) is 5.75 Å². The van der Waals surface area contributed by atoms with E-state index in [4.69, 9.17) is 4.74 Å². The monoisotopic (exact) mass is 396 g/mol. The summed E-state index contributed by atoms with van der Waals surface area (Å²) in [6, 6.07) is 16.5. The van der Waals surface area contributed by atoms with Gasteiger partial charge in [-0.3, -0.25) is 0 Å². The third kappa shape index (κ3) is 5.55. The lowest BCUT2D eigenvalue weighted by atomic mass is 10.0. The van der Waals surface area contributed by atoms with E-state index in [9.17, 15) is 4.39 Å². The zero-order valence-electron chi connectivity index (χ0n) is 16.6. The molecule has 0 bridgehead atoms. The quantitative estimate of drug-likeness (QED) is 0.320. The van der Waals surface area contributed by atoms with Crippen molar-refractivity contribution < 1.29 is 9.13 Å². The van der Waals surface area contributed by atoms with Crippen LogP contribution >= 0.6 is 11.8 Å². The SMILES string of the molecule is CC(C)c1cccc(Oc2cc(C(C)C)nc(SCc3ccc(F)cc3)n2)c1. The molecule has 0 N–H and O–H groups in total. The first kappa shape index (κ1) is 20.3. The van der Waals surface area contributed by atoms with Crippen LogP contribution in [0, 0.1) is 5.82 Å². The first-order valence-corrected chi connectivity index (χ1v) is 10.4. The number of ether oxygens (including phenoxy) is 1. The van der Waals surface area contributed by atoms with E-state index in [0.29, 0.717) is 22.7 Å². The van der Waals surface area contributed by atoms with Crippen molar-refractivity contribution in [3.63, 3.8) is 0 Å². The van der Waals surface area contributed by atoms with Crippen molar-refractivity contribution in [1.29, 1.82) is 0 Å². The maximum atomic E-state index is 13.1. The van der Waals surface area contributed by atoms with Crippen LogP contribution < -0.4 is 4.74 Å². The van der Waals surface area contributed by atoms with E-state index in [1.165, 1.54) is 29.5 Å². The topological polar surface area (TPSA) is 35.0 Å². The van der Waals surface area contributed by atoms with Gasteiger partial charge in [-0.25, -0.2) is 9.37 Å². The Labute approximate surface area is 170 Å². The molecule has 0 unspecified atom stereocenters. The zero-order chi connectivity index (χ0) is 20.1. The molecular weight excluding hydrogens is 371 g/mol. The van der Waals surface area contributed by atoms with E-state index in [2.05, 4.69) is 43.7 Å². The van der Waals surface area contributed by atoms with E-state index in [1.807, 2.05) is 24.3 Å². The number of benzene rings is 2. The van der Waals surface area contributed by atoms with Gasteiger partial charge >= 0.3 is 0 Å². The molecule has 0 aliphatic rings. The van der Waals surface area contributed by atoms with Crippen molar-refractivity contribution in [1.82, 2.24) is 9.97 Å². The Morgan fingerprint density at radius 3 is 2.36 bits per heavy atom. The first-order valence-electron chi connectivity index (χ1n) is 9.44. The minimum Gasteiger partial charge on any atom is -0.439 e. The highest BCUT2D eigenvalue weighted by Gasteiger charge is 2.11. The molecule has 0 saturated carbocycles. The van der Waals surface area contributed by atoms with Crippen molar-refractivity contribution in [2.75, 3.05) is 0 Å². The van der Waals surface area contributed by atoms with Gasteiger partial charge in [0.1, 0.15) is 11.6 Å². The second-order valence-electron chi connectivity index (χ2n) is 7.31. The summed E-state index contributed by atoms with van der Waals surface area (Å²) in [4.78, 5) is 9.22. The van der Waals surface area contributed by atoms with Crippen LogP contribution in [0.3, 0.4) is 0 Å². The van der Waals surface area contributed by atoms with Gasteiger partial charge in [-0.05, 0) is 47.2 Å². The fourth-order valence-corrected chi connectivity index (χ4v) is 3.43. The second kappa shape index (κ2) is 9.20. The third-order valence-electron chi connectivity index (χ3n) is 4.32. The molecule has 2 aromatic carbocycles. The molecular formula is C23H25FN2OS. The van der Waals surface area contributed by atoms with Crippen molar-refractivity contribution in [2.24, 2.45) is 0 Å². The van der Waals surface area contributed by atoms with Crippen LogP contribution in [0.4, 0.5) is 4.39 Å². The third-order valence-corrected chi connectivity index (χ3v) is 5.24. The fourth-order valence-electron chi connectivity index (χ4n) is 2.62.